The number of benzene rings is 3. The molecule has 0 bridgehead atoms. The fourth-order valence-corrected chi connectivity index (χ4v) is 9.56. The Labute approximate surface area is 534 Å². The minimum Gasteiger partial charge on any atom is -0.493 e. The van der Waals surface area contributed by atoms with Gasteiger partial charge in [0.25, 0.3) is 17.8 Å². The molecule has 0 radical (unpaired) electrons. The van der Waals surface area contributed by atoms with E-state index in [4.69, 9.17) is 49.0 Å². The first-order valence-electron chi connectivity index (χ1n) is 29.6. The summed E-state index contributed by atoms with van der Waals surface area (Å²) in [4.78, 5) is 25.7. The summed E-state index contributed by atoms with van der Waals surface area (Å²) in [5, 5.41) is 21.2. The number of hydrogen-bond acceptors (Lipinski definition) is 15. The summed E-state index contributed by atoms with van der Waals surface area (Å²) in [5.74, 6) is -3.20. The molecule has 6 heterocycles. The molecule has 90 heavy (non-hydrogen) atoms. The van der Waals surface area contributed by atoms with Crippen LogP contribution in [0.15, 0.2) is 91.8 Å². The van der Waals surface area contributed by atoms with Gasteiger partial charge in [0.1, 0.15) is 85.1 Å². The van der Waals surface area contributed by atoms with Gasteiger partial charge < -0.3 is 30.2 Å². The first-order chi connectivity index (χ1) is 43.2. The molecule has 9 rings (SSSR count). The van der Waals surface area contributed by atoms with Gasteiger partial charge in [-0.1, -0.05) is 94.1 Å². The number of halogens is 9. The van der Waals surface area contributed by atoms with Crippen LogP contribution in [0.1, 0.15) is 120 Å². The Bertz CT molecular complexity index is 3300. The van der Waals surface area contributed by atoms with Gasteiger partial charge in [0.15, 0.2) is 0 Å². The summed E-state index contributed by atoms with van der Waals surface area (Å²) in [6.45, 7) is 18.7. The van der Waals surface area contributed by atoms with Gasteiger partial charge in [-0.25, -0.2) is 40.4 Å². The Kier molecular flexibility index (Phi) is 25.8. The number of unbranched alkanes of at least 4 members (excludes halogenated alkanes) is 6. The fourth-order valence-electron chi connectivity index (χ4n) is 8.78. The van der Waals surface area contributed by atoms with E-state index in [9.17, 15) is 26.3 Å². The second kappa shape index (κ2) is 33.6. The van der Waals surface area contributed by atoms with Crippen molar-refractivity contribution in [1.82, 2.24) is 59.2 Å². The maximum atomic E-state index is 15.0. The highest BCUT2D eigenvalue weighted by Gasteiger charge is 2.28. The normalized spacial score (nSPS) is 11.2. The summed E-state index contributed by atoms with van der Waals surface area (Å²) in [5.41, 5.74) is -0.778. The van der Waals surface area contributed by atoms with Crippen molar-refractivity contribution in [1.29, 1.82) is 0 Å². The van der Waals surface area contributed by atoms with Gasteiger partial charge in [-0.2, -0.15) is 45.2 Å². The molecular formula is C63H72Cl3F6N15O3. The molecule has 0 aliphatic carbocycles. The predicted octanol–water partition coefficient (Wildman–Crippen LogP) is 17.0. The third-order valence-electron chi connectivity index (χ3n) is 12.8. The van der Waals surface area contributed by atoms with Gasteiger partial charge in [-0.15, -0.1) is 0 Å². The summed E-state index contributed by atoms with van der Waals surface area (Å²) < 4.78 is 110. The number of nitrogens with zero attached hydrogens (tertiary/aromatic N) is 12. The molecule has 0 atom stereocenters. The number of aromatic nitrogens is 12. The van der Waals surface area contributed by atoms with Crippen molar-refractivity contribution in [3.8, 4) is 68.5 Å². The van der Waals surface area contributed by atoms with Crippen molar-refractivity contribution in [2.24, 2.45) is 0 Å². The fraction of sp³-hybridized carbons (Fsp3) is 0.381. The molecule has 9 aromatic rings. The van der Waals surface area contributed by atoms with Crippen molar-refractivity contribution in [2.45, 2.75) is 138 Å². The second-order valence-corrected chi connectivity index (χ2v) is 22.4. The molecule has 18 nitrogen and oxygen atoms in total. The van der Waals surface area contributed by atoms with Crippen molar-refractivity contribution in [3.63, 3.8) is 0 Å². The lowest BCUT2D eigenvalue weighted by Crippen LogP contribution is -2.15. The number of nitrogens with one attached hydrogen (secondary N) is 3. The highest BCUT2D eigenvalue weighted by Crippen LogP contribution is 2.42. The minimum absolute atomic E-state index is 0.0498. The maximum absolute atomic E-state index is 15.0. The number of ether oxygens (including phenoxy) is 3. The molecule has 0 aliphatic rings. The lowest BCUT2D eigenvalue weighted by atomic mass is 10.1. The van der Waals surface area contributed by atoms with Crippen LogP contribution < -0.4 is 30.2 Å². The average Bonchev–Trinajstić information content (AvgIpc) is 1.06. The molecule has 0 amide bonds. The molecular weight excluding hydrogens is 1240 g/mol. The van der Waals surface area contributed by atoms with Crippen LogP contribution in [0.2, 0.25) is 15.5 Å². The van der Waals surface area contributed by atoms with Gasteiger partial charge >= 0.3 is 0 Å². The molecule has 6 aromatic heterocycles. The average molecular weight is 1310 g/mol. The lowest BCUT2D eigenvalue weighted by molar-refractivity contribution is 0.303. The Morgan fingerprint density at radius 3 is 0.822 bits per heavy atom. The molecule has 0 aliphatic heterocycles. The van der Waals surface area contributed by atoms with Gasteiger partial charge in [-0.3, -0.25) is 0 Å². The molecule has 27 heteroatoms. The summed E-state index contributed by atoms with van der Waals surface area (Å²) in [6.07, 6.45) is 18.2. The Balaban J connectivity index is 0.000000192. The standard InChI is InChI=1S/3C21H24ClF2N5O/c3*1-4-5-6-10-30-14-11-15(23)17(16(24)12-14)18-19(22)27-21(29-9-7-8-25-29)28-20(18)26-13(2)3/h3*7-9,11-13H,4-6,10H2,1-3H3,(H,26,27,28). The van der Waals surface area contributed by atoms with Gasteiger partial charge in [-0.05, 0) is 79.0 Å². The molecule has 0 fully saturated rings. The SMILES string of the molecule is CCCCCOc1cc(F)c(-c2c(Cl)nc(-n3cccn3)nc2NC(C)C)c(F)c1.CCCCCOc1cc(F)c(-c2c(Cl)nc(-n3cccn3)nc2NC(C)C)c(F)c1.CCCCCOc1cc(F)c(-c2c(Cl)nc(-n3cccn3)nc2NC(C)C)c(F)c1. The molecule has 0 saturated carbocycles. The molecule has 0 unspecified atom stereocenters. The quantitative estimate of drug-likeness (QED) is 0.0250. The van der Waals surface area contributed by atoms with Gasteiger partial charge in [0.2, 0.25) is 0 Å². The van der Waals surface area contributed by atoms with Crippen LogP contribution in [-0.4, -0.2) is 97.2 Å². The molecule has 3 aromatic carbocycles. The van der Waals surface area contributed by atoms with Crippen LogP contribution in [0.3, 0.4) is 0 Å². The van der Waals surface area contributed by atoms with Crippen molar-refractivity contribution < 1.29 is 40.6 Å². The van der Waals surface area contributed by atoms with Crippen LogP contribution >= 0.6 is 34.8 Å². The van der Waals surface area contributed by atoms with E-state index in [1.165, 1.54) is 14.0 Å². The van der Waals surface area contributed by atoms with Crippen molar-refractivity contribution in [3.05, 3.63) is 142 Å². The third kappa shape index (κ3) is 18.7. The highest BCUT2D eigenvalue weighted by atomic mass is 35.5. The number of anilines is 3. The van der Waals surface area contributed by atoms with Gasteiger partial charge in [0.05, 0.1) is 53.2 Å². The lowest BCUT2D eigenvalue weighted by Gasteiger charge is -2.17. The molecule has 0 spiro atoms. The first kappa shape index (κ1) is 69.3. The van der Waals surface area contributed by atoms with E-state index in [0.29, 0.717) is 19.8 Å². The first-order valence-corrected chi connectivity index (χ1v) is 30.7. The smallest absolute Gasteiger partial charge is 0.253 e. The Morgan fingerprint density at radius 1 is 0.378 bits per heavy atom. The molecule has 3 N–H and O–H groups in total. The second-order valence-electron chi connectivity index (χ2n) is 21.3. The minimum atomic E-state index is -0.801. The van der Waals surface area contributed by atoms with E-state index >= 15 is 0 Å². The van der Waals surface area contributed by atoms with Crippen LogP contribution in [0.25, 0.3) is 51.2 Å². The highest BCUT2D eigenvalue weighted by molar-refractivity contribution is 6.33. The third-order valence-corrected chi connectivity index (χ3v) is 13.6. The van der Waals surface area contributed by atoms with E-state index in [2.05, 4.69) is 81.9 Å². The number of rotatable bonds is 27. The summed E-state index contributed by atoms with van der Waals surface area (Å²) >= 11 is 19.1. The van der Waals surface area contributed by atoms with E-state index < -0.39 is 34.9 Å². The Hall–Kier alpha value is -8.22. The van der Waals surface area contributed by atoms with E-state index in [1.807, 2.05) is 41.5 Å². The van der Waals surface area contributed by atoms with Crippen LogP contribution in [-0.2, 0) is 0 Å². The maximum Gasteiger partial charge on any atom is 0.253 e. The van der Waals surface area contributed by atoms with Crippen LogP contribution in [0.4, 0.5) is 43.8 Å². The monoisotopic (exact) mass is 1310 g/mol. The van der Waals surface area contributed by atoms with Gasteiger partial charge in [0, 0.05) is 91.7 Å². The van der Waals surface area contributed by atoms with E-state index in [0.717, 1.165) is 94.2 Å². The van der Waals surface area contributed by atoms with Crippen molar-refractivity contribution >= 4 is 52.3 Å². The zero-order chi connectivity index (χ0) is 65.0. The topological polar surface area (TPSA) is 195 Å². The predicted molar refractivity (Wildman–Crippen MR) is 340 cm³/mol. The number of hydrogen-bond donors (Lipinski definition) is 3. The van der Waals surface area contributed by atoms with E-state index in [-0.39, 0.29) is 120 Å². The largest absolute Gasteiger partial charge is 0.493 e. The van der Waals surface area contributed by atoms with Crippen molar-refractivity contribution in [2.75, 3.05) is 35.8 Å². The zero-order valence-corrected chi connectivity index (χ0v) is 53.6. The molecule has 480 valence electrons. The van der Waals surface area contributed by atoms with E-state index in [1.54, 1.807) is 55.4 Å². The summed E-state index contributed by atoms with van der Waals surface area (Å²) in [7, 11) is 0. The summed E-state index contributed by atoms with van der Waals surface area (Å²) in [6, 6.07) is 11.9. The van der Waals surface area contributed by atoms with Crippen LogP contribution in [0, 0.1) is 34.9 Å². The van der Waals surface area contributed by atoms with Crippen LogP contribution in [0.5, 0.6) is 17.2 Å². The molecule has 0 saturated heterocycles. The zero-order valence-electron chi connectivity index (χ0n) is 51.4. The Morgan fingerprint density at radius 2 is 0.622 bits per heavy atom.